The first-order valence-corrected chi connectivity index (χ1v) is 13.0. The highest BCUT2D eigenvalue weighted by molar-refractivity contribution is 7.19. The number of rotatable bonds is 3. The molecule has 6 rings (SSSR count). The lowest BCUT2D eigenvalue weighted by atomic mass is 9.97. The second kappa shape index (κ2) is 9.38. The summed E-state index contributed by atoms with van der Waals surface area (Å²) in [5, 5.41) is 7.30. The number of nitrogens with zero attached hydrogens (tertiary/aromatic N) is 2. The van der Waals surface area contributed by atoms with E-state index < -0.39 is 0 Å². The number of benzene rings is 1. The Balaban J connectivity index is 0.000000297. The van der Waals surface area contributed by atoms with E-state index in [2.05, 4.69) is 36.4 Å². The first-order valence-electron chi connectivity index (χ1n) is 11.8. The van der Waals surface area contributed by atoms with Gasteiger partial charge in [-0.05, 0) is 68.1 Å². The molecule has 34 heavy (non-hydrogen) atoms. The highest BCUT2D eigenvalue weighted by Crippen LogP contribution is 2.48. The van der Waals surface area contributed by atoms with Gasteiger partial charge in [0.05, 0.1) is 28.6 Å². The third kappa shape index (κ3) is 4.50. The summed E-state index contributed by atoms with van der Waals surface area (Å²) in [6.45, 7) is 10.1. The maximum atomic E-state index is 12.3. The molecule has 3 atom stereocenters. The maximum absolute atomic E-state index is 12.3. The lowest BCUT2D eigenvalue weighted by Crippen LogP contribution is -2.46. The summed E-state index contributed by atoms with van der Waals surface area (Å²) in [4.78, 5) is 31.4. The number of aryl methyl sites for hydroxylation is 1. The van der Waals surface area contributed by atoms with E-state index in [1.807, 2.05) is 24.3 Å². The number of piperidine rings is 1. The number of halogens is 1. The van der Waals surface area contributed by atoms with Crippen LogP contribution < -0.4 is 10.6 Å². The number of aromatic nitrogens is 1. The van der Waals surface area contributed by atoms with Gasteiger partial charge in [-0.1, -0.05) is 11.6 Å². The molecule has 2 aliphatic heterocycles. The van der Waals surface area contributed by atoms with E-state index in [4.69, 9.17) is 11.6 Å². The molecule has 0 bridgehead atoms. The predicted octanol–water partition coefficient (Wildman–Crippen LogP) is 4.31. The molecule has 2 aromatic heterocycles. The molecule has 3 aromatic rings. The number of imide groups is 1. The average Bonchev–Trinajstić information content (AvgIpc) is 3.45. The van der Waals surface area contributed by atoms with Crippen LogP contribution in [0.15, 0.2) is 30.5 Å². The molecule has 1 aliphatic carbocycles. The number of fused-ring (bicyclic) bond motifs is 2. The minimum atomic E-state index is -0.0577. The number of amides is 2. The zero-order chi connectivity index (χ0) is 24.0. The molecule has 1 saturated carbocycles. The third-order valence-corrected chi connectivity index (χ3v) is 8.26. The Labute approximate surface area is 208 Å². The van der Waals surface area contributed by atoms with Gasteiger partial charge in [0.15, 0.2) is 0 Å². The summed E-state index contributed by atoms with van der Waals surface area (Å²) in [6.07, 6.45) is 2.53. The van der Waals surface area contributed by atoms with Crippen LogP contribution in [0.5, 0.6) is 0 Å². The number of hydrogen-bond acceptors (Lipinski definition) is 6. The zero-order valence-corrected chi connectivity index (χ0v) is 21.2. The van der Waals surface area contributed by atoms with Gasteiger partial charge in [-0.3, -0.25) is 19.5 Å². The van der Waals surface area contributed by atoms with Crippen molar-refractivity contribution in [3.63, 3.8) is 0 Å². The number of hydrogen-bond donors (Lipinski definition) is 2. The Morgan fingerprint density at radius 1 is 1.12 bits per heavy atom. The summed E-state index contributed by atoms with van der Waals surface area (Å²) in [7, 11) is 0. The average molecular weight is 497 g/mol. The minimum Gasteiger partial charge on any atom is -0.314 e. The van der Waals surface area contributed by atoms with Gasteiger partial charge in [-0.15, -0.1) is 11.3 Å². The Bertz CT molecular complexity index is 1250. The minimum absolute atomic E-state index is 0.0167. The van der Waals surface area contributed by atoms with Crippen molar-refractivity contribution >= 4 is 45.0 Å². The van der Waals surface area contributed by atoms with Gasteiger partial charge in [-0.2, -0.15) is 0 Å². The fourth-order valence-corrected chi connectivity index (χ4v) is 6.14. The lowest BCUT2D eigenvalue weighted by molar-refractivity contribution is -0.141. The normalized spacial score (nSPS) is 23.6. The standard InChI is InChI=1S/C21H17ClN2O2S.C5H12N2/c1-10-5-12(22)6-15(11(10)2)14-3-4-23-18-7-13(27-19(14)18)9-24-20(25)16-8-17(16)21(24)26;1-5-4-6-2-3-7-5/h3-7,16-17H,8-9H2,1-2H3;5-7H,2-4H2,1H3. The summed E-state index contributed by atoms with van der Waals surface area (Å²) >= 11 is 7.89. The Morgan fingerprint density at radius 3 is 2.53 bits per heavy atom. The SMILES string of the molecule is CC1CNCCN1.Cc1cc(Cl)cc(-c2ccnc3cc(CN4C(=O)C5CC5C4=O)sc23)c1C. The topological polar surface area (TPSA) is 74.3 Å². The van der Waals surface area contributed by atoms with Gasteiger partial charge in [0.1, 0.15) is 0 Å². The molecular weight excluding hydrogens is 468 g/mol. The van der Waals surface area contributed by atoms with Gasteiger partial charge in [0.2, 0.25) is 11.8 Å². The predicted molar refractivity (Wildman–Crippen MR) is 137 cm³/mol. The first kappa shape index (κ1) is 23.4. The van der Waals surface area contributed by atoms with E-state index >= 15 is 0 Å². The van der Waals surface area contributed by atoms with Crippen molar-refractivity contribution in [2.75, 3.05) is 19.6 Å². The van der Waals surface area contributed by atoms with Crippen molar-refractivity contribution in [1.29, 1.82) is 0 Å². The number of pyridine rings is 1. The smallest absolute Gasteiger partial charge is 0.233 e. The Kier molecular flexibility index (Phi) is 6.46. The highest BCUT2D eigenvalue weighted by atomic mass is 35.5. The second-order valence-electron chi connectivity index (χ2n) is 9.45. The van der Waals surface area contributed by atoms with Crippen molar-refractivity contribution in [3.8, 4) is 11.1 Å². The van der Waals surface area contributed by atoms with Gasteiger partial charge in [0, 0.05) is 47.3 Å². The Morgan fingerprint density at radius 2 is 1.88 bits per heavy atom. The highest BCUT2D eigenvalue weighted by Gasteiger charge is 2.58. The van der Waals surface area contributed by atoms with E-state index in [-0.39, 0.29) is 23.7 Å². The fourth-order valence-electron chi connectivity index (χ4n) is 4.73. The largest absolute Gasteiger partial charge is 0.314 e. The number of nitrogens with one attached hydrogen (secondary N) is 2. The van der Waals surface area contributed by atoms with Gasteiger partial charge in [-0.25, -0.2) is 0 Å². The zero-order valence-electron chi connectivity index (χ0n) is 19.7. The Hall–Kier alpha value is -2.32. The van der Waals surface area contributed by atoms with E-state index in [1.165, 1.54) is 10.5 Å². The molecule has 0 radical (unpaired) electrons. The number of piperazine rings is 1. The quantitative estimate of drug-likeness (QED) is 0.529. The molecule has 4 heterocycles. The number of carbonyl (C=O) groups excluding carboxylic acids is 2. The molecule has 178 valence electrons. The maximum Gasteiger partial charge on any atom is 0.233 e. The lowest BCUT2D eigenvalue weighted by Gasteiger charge is -2.19. The van der Waals surface area contributed by atoms with E-state index in [0.717, 1.165) is 57.8 Å². The van der Waals surface area contributed by atoms with Gasteiger partial charge < -0.3 is 10.6 Å². The summed E-state index contributed by atoms with van der Waals surface area (Å²) in [5.74, 6) is -0.149. The monoisotopic (exact) mass is 496 g/mol. The molecule has 6 nitrogen and oxygen atoms in total. The van der Waals surface area contributed by atoms with Crippen molar-refractivity contribution in [3.05, 3.63) is 51.5 Å². The molecule has 3 unspecified atom stereocenters. The van der Waals surface area contributed by atoms with Crippen LogP contribution in [0.2, 0.25) is 5.02 Å². The van der Waals surface area contributed by atoms with Crippen LogP contribution in [0.25, 0.3) is 21.3 Å². The van der Waals surface area contributed by atoms with Crippen LogP contribution in [0.4, 0.5) is 0 Å². The van der Waals surface area contributed by atoms with Crippen molar-refractivity contribution < 1.29 is 9.59 Å². The molecule has 0 spiro atoms. The van der Waals surface area contributed by atoms with Gasteiger partial charge >= 0.3 is 0 Å². The number of likely N-dealkylation sites (tertiary alicyclic amines) is 1. The number of thiophene rings is 1. The van der Waals surface area contributed by atoms with Gasteiger partial charge in [0.25, 0.3) is 0 Å². The van der Waals surface area contributed by atoms with E-state index in [1.54, 1.807) is 17.5 Å². The first-order chi connectivity index (χ1) is 16.3. The molecule has 1 aromatic carbocycles. The number of carbonyl (C=O) groups is 2. The van der Waals surface area contributed by atoms with Crippen LogP contribution in [0, 0.1) is 25.7 Å². The molecule has 3 fully saturated rings. The molecule has 8 heteroatoms. The fraction of sp³-hybridized carbons (Fsp3) is 0.423. The summed E-state index contributed by atoms with van der Waals surface area (Å²) < 4.78 is 1.06. The van der Waals surface area contributed by atoms with E-state index in [0.29, 0.717) is 17.6 Å². The van der Waals surface area contributed by atoms with Crippen LogP contribution in [0.1, 0.15) is 29.3 Å². The molecule has 2 N–H and O–H groups in total. The van der Waals surface area contributed by atoms with Crippen LogP contribution in [-0.2, 0) is 16.1 Å². The van der Waals surface area contributed by atoms with Crippen LogP contribution in [-0.4, -0.2) is 47.4 Å². The van der Waals surface area contributed by atoms with Crippen molar-refractivity contribution in [1.82, 2.24) is 20.5 Å². The molecule has 2 amide bonds. The molecule has 2 saturated heterocycles. The second-order valence-corrected chi connectivity index (χ2v) is 11.0. The molecular formula is C26H29ClN4O2S. The van der Waals surface area contributed by atoms with Crippen LogP contribution in [0.3, 0.4) is 0 Å². The van der Waals surface area contributed by atoms with Crippen molar-refractivity contribution in [2.24, 2.45) is 11.8 Å². The molecule has 3 aliphatic rings. The van der Waals surface area contributed by atoms with Crippen LogP contribution >= 0.6 is 22.9 Å². The van der Waals surface area contributed by atoms with Crippen molar-refractivity contribution in [2.45, 2.75) is 39.8 Å². The summed E-state index contributed by atoms with van der Waals surface area (Å²) in [5.41, 5.74) is 5.39. The third-order valence-electron chi connectivity index (χ3n) is 6.90. The summed E-state index contributed by atoms with van der Waals surface area (Å²) in [6, 6.07) is 8.62. The van der Waals surface area contributed by atoms with E-state index in [9.17, 15) is 9.59 Å².